The van der Waals surface area contributed by atoms with E-state index in [1.807, 2.05) is 12.1 Å². The highest BCUT2D eigenvalue weighted by atomic mass is 35.5. The molecule has 140 valence electrons. The number of hydrogen-bond donors (Lipinski definition) is 1. The molecule has 0 unspecified atom stereocenters. The number of amides is 1. The topological polar surface area (TPSA) is 82.2 Å². The summed E-state index contributed by atoms with van der Waals surface area (Å²) in [5.74, 6) is 1.80. The van der Waals surface area contributed by atoms with E-state index >= 15 is 0 Å². The molecule has 1 amide bonds. The van der Waals surface area contributed by atoms with Crippen LogP contribution >= 0.6 is 11.6 Å². The first-order valence-electron chi connectivity index (χ1n) is 8.76. The summed E-state index contributed by atoms with van der Waals surface area (Å²) in [6, 6.07) is 8.76. The van der Waals surface area contributed by atoms with Crippen LogP contribution in [0.25, 0.3) is 11.6 Å². The molecule has 27 heavy (non-hydrogen) atoms. The molecule has 0 bridgehead atoms. The van der Waals surface area contributed by atoms with Crippen molar-refractivity contribution in [2.24, 2.45) is 0 Å². The summed E-state index contributed by atoms with van der Waals surface area (Å²) in [5.41, 5.74) is 1.23. The van der Waals surface area contributed by atoms with Crippen LogP contribution in [0.3, 0.4) is 0 Å². The zero-order valence-electron chi connectivity index (χ0n) is 14.8. The van der Waals surface area contributed by atoms with Crippen LogP contribution in [-0.4, -0.2) is 27.8 Å². The molecule has 0 saturated heterocycles. The van der Waals surface area contributed by atoms with Crippen LogP contribution in [-0.2, 0) is 11.3 Å². The molecular weight excluding hydrogens is 368 g/mol. The average Bonchev–Trinajstić information content (AvgIpc) is 3.23. The lowest BCUT2D eigenvalue weighted by Crippen LogP contribution is -2.19. The third-order valence-electron chi connectivity index (χ3n) is 4.69. The van der Waals surface area contributed by atoms with Crippen molar-refractivity contribution in [3.63, 3.8) is 0 Å². The number of aromatic nitrogens is 3. The van der Waals surface area contributed by atoms with Crippen LogP contribution in [0.5, 0.6) is 5.75 Å². The summed E-state index contributed by atoms with van der Waals surface area (Å²) < 4.78 is 12.8. The molecule has 3 aromatic rings. The van der Waals surface area contributed by atoms with Gasteiger partial charge in [0.15, 0.2) is 0 Å². The maximum Gasteiger partial charge on any atom is 0.264 e. The molecule has 7 nitrogen and oxygen atoms in total. The van der Waals surface area contributed by atoms with Crippen molar-refractivity contribution in [1.29, 1.82) is 0 Å². The number of benzene rings is 1. The summed E-state index contributed by atoms with van der Waals surface area (Å²) in [7, 11) is 1.54. The second-order valence-electron chi connectivity index (χ2n) is 6.49. The second-order valence-corrected chi connectivity index (χ2v) is 6.92. The molecule has 2 aromatic heterocycles. The van der Waals surface area contributed by atoms with Crippen LogP contribution in [0.4, 0.5) is 5.69 Å². The van der Waals surface area contributed by atoms with Crippen LogP contribution in [0.1, 0.15) is 31.1 Å². The average molecular weight is 387 g/mol. The number of methoxy groups -OCH3 is 1. The van der Waals surface area contributed by atoms with Crippen molar-refractivity contribution in [2.45, 2.75) is 31.7 Å². The minimum atomic E-state index is -0.216. The quantitative estimate of drug-likeness (QED) is 0.689. The molecule has 1 saturated carbocycles. The summed E-state index contributed by atoms with van der Waals surface area (Å²) in [5, 5.41) is 11.6. The van der Waals surface area contributed by atoms with Crippen LogP contribution < -0.4 is 10.1 Å². The van der Waals surface area contributed by atoms with Gasteiger partial charge in [0.1, 0.15) is 18.0 Å². The van der Waals surface area contributed by atoms with E-state index in [1.54, 1.807) is 29.0 Å². The molecule has 1 fully saturated rings. The van der Waals surface area contributed by atoms with Crippen molar-refractivity contribution in [3.05, 3.63) is 47.4 Å². The molecule has 0 atom stereocenters. The van der Waals surface area contributed by atoms with Crippen LogP contribution in [0.2, 0.25) is 5.02 Å². The van der Waals surface area contributed by atoms with Gasteiger partial charge in [-0.25, -0.2) is 0 Å². The van der Waals surface area contributed by atoms with Gasteiger partial charge < -0.3 is 19.0 Å². The Morgan fingerprint density at radius 3 is 2.96 bits per heavy atom. The number of anilines is 1. The number of nitrogens with zero attached hydrogens (tertiary/aromatic N) is 3. The zero-order chi connectivity index (χ0) is 18.8. The maximum absolute atomic E-state index is 12.5. The van der Waals surface area contributed by atoms with E-state index < -0.39 is 0 Å². The van der Waals surface area contributed by atoms with Gasteiger partial charge in [0, 0.05) is 17.1 Å². The number of carbonyl (C=O) groups is 1. The Hall–Kier alpha value is -2.80. The normalized spacial score (nSPS) is 14.0. The van der Waals surface area contributed by atoms with Crippen LogP contribution in [0.15, 0.2) is 40.9 Å². The fourth-order valence-corrected chi connectivity index (χ4v) is 3.20. The van der Waals surface area contributed by atoms with Gasteiger partial charge >= 0.3 is 0 Å². The molecule has 1 aromatic carbocycles. The van der Waals surface area contributed by atoms with Gasteiger partial charge in [-0.3, -0.25) is 4.79 Å². The third-order valence-corrected chi connectivity index (χ3v) is 4.93. The summed E-state index contributed by atoms with van der Waals surface area (Å²) in [6.07, 6.45) is 5.18. The predicted molar refractivity (Wildman–Crippen MR) is 101 cm³/mol. The Labute approximate surface area is 161 Å². The SMILES string of the molecule is COc1ccc(Cl)cc1NC(=O)Cn1cccc1-c1nnc(C2CCC2)o1. The molecule has 0 spiro atoms. The van der Waals surface area contributed by atoms with E-state index in [1.165, 1.54) is 13.5 Å². The van der Waals surface area contributed by atoms with E-state index in [2.05, 4.69) is 15.5 Å². The van der Waals surface area contributed by atoms with Gasteiger partial charge in [-0.15, -0.1) is 10.2 Å². The first kappa shape index (κ1) is 17.6. The molecule has 4 rings (SSSR count). The Kier molecular flexibility index (Phi) is 4.85. The molecular formula is C19H19ClN4O3. The molecule has 2 heterocycles. The lowest BCUT2D eigenvalue weighted by atomic mass is 9.85. The number of hydrogen-bond acceptors (Lipinski definition) is 5. The first-order valence-corrected chi connectivity index (χ1v) is 9.14. The Morgan fingerprint density at radius 2 is 2.22 bits per heavy atom. The molecule has 8 heteroatoms. The third kappa shape index (κ3) is 3.68. The van der Waals surface area contributed by atoms with Gasteiger partial charge in [0.25, 0.3) is 5.89 Å². The molecule has 1 N–H and O–H groups in total. The van der Waals surface area contributed by atoms with E-state index in [-0.39, 0.29) is 12.5 Å². The van der Waals surface area contributed by atoms with Gasteiger partial charge in [-0.2, -0.15) is 0 Å². The maximum atomic E-state index is 12.5. The van der Waals surface area contributed by atoms with Crippen molar-refractivity contribution in [1.82, 2.24) is 14.8 Å². The Morgan fingerprint density at radius 1 is 1.37 bits per heavy atom. The number of ether oxygens (including phenoxy) is 1. The van der Waals surface area contributed by atoms with Gasteiger partial charge in [0.05, 0.1) is 12.8 Å². The number of rotatable bonds is 6. The summed E-state index contributed by atoms with van der Waals surface area (Å²) in [6.45, 7) is 0.0964. The van der Waals surface area contributed by atoms with Gasteiger partial charge in [-0.1, -0.05) is 18.0 Å². The fourth-order valence-electron chi connectivity index (χ4n) is 3.03. The number of halogens is 1. The van der Waals surface area contributed by atoms with E-state index in [9.17, 15) is 4.79 Å². The zero-order valence-corrected chi connectivity index (χ0v) is 15.6. The minimum absolute atomic E-state index is 0.0964. The van der Waals surface area contributed by atoms with Gasteiger partial charge in [0.2, 0.25) is 11.8 Å². The molecule has 1 aliphatic carbocycles. The van der Waals surface area contributed by atoms with E-state index in [0.29, 0.717) is 39.9 Å². The monoisotopic (exact) mass is 386 g/mol. The minimum Gasteiger partial charge on any atom is -0.495 e. The fraction of sp³-hybridized carbons (Fsp3) is 0.316. The summed E-state index contributed by atoms with van der Waals surface area (Å²) >= 11 is 6.01. The Balaban J connectivity index is 1.49. The van der Waals surface area contributed by atoms with E-state index in [4.69, 9.17) is 20.8 Å². The first-order chi connectivity index (χ1) is 13.1. The molecule has 1 aliphatic rings. The van der Waals surface area contributed by atoms with E-state index in [0.717, 1.165) is 12.8 Å². The second kappa shape index (κ2) is 7.44. The van der Waals surface area contributed by atoms with Gasteiger partial charge in [-0.05, 0) is 43.2 Å². The highest BCUT2D eigenvalue weighted by Crippen LogP contribution is 2.36. The standard InChI is InChI=1S/C19H19ClN4O3/c1-26-16-8-7-13(20)10-14(16)21-17(25)11-24-9-3-6-15(24)19-23-22-18(27-19)12-4-2-5-12/h3,6-10,12H,2,4-5,11H2,1H3,(H,21,25). The number of nitrogens with one attached hydrogen (secondary N) is 1. The largest absolute Gasteiger partial charge is 0.495 e. The predicted octanol–water partition coefficient (Wildman–Crippen LogP) is 4.11. The smallest absolute Gasteiger partial charge is 0.264 e. The van der Waals surface area contributed by atoms with Crippen molar-refractivity contribution in [2.75, 3.05) is 12.4 Å². The summed E-state index contributed by atoms with van der Waals surface area (Å²) in [4.78, 5) is 12.5. The van der Waals surface area contributed by atoms with Crippen LogP contribution in [0, 0.1) is 0 Å². The Bertz CT molecular complexity index is 962. The lowest BCUT2D eigenvalue weighted by molar-refractivity contribution is -0.116. The highest BCUT2D eigenvalue weighted by Gasteiger charge is 2.26. The molecule has 0 radical (unpaired) electrons. The number of carbonyl (C=O) groups excluding carboxylic acids is 1. The van der Waals surface area contributed by atoms with Crippen molar-refractivity contribution < 1.29 is 13.9 Å². The van der Waals surface area contributed by atoms with Crippen molar-refractivity contribution >= 4 is 23.2 Å². The highest BCUT2D eigenvalue weighted by molar-refractivity contribution is 6.31. The molecule has 0 aliphatic heterocycles. The van der Waals surface area contributed by atoms with Crippen molar-refractivity contribution in [3.8, 4) is 17.3 Å². The lowest BCUT2D eigenvalue weighted by Gasteiger charge is -2.20.